The van der Waals surface area contributed by atoms with E-state index in [0.717, 1.165) is 13.2 Å². The van der Waals surface area contributed by atoms with Crippen molar-refractivity contribution in [2.24, 2.45) is 4.99 Å². The molecule has 0 saturated heterocycles. The summed E-state index contributed by atoms with van der Waals surface area (Å²) in [5.74, 6) is 0. The minimum absolute atomic E-state index is 0.778. The maximum Gasteiger partial charge on any atom is 0.169 e. The highest BCUT2D eigenvalue weighted by atomic mass is 17.0. The zero-order chi connectivity index (χ0) is 5.54. The van der Waals surface area contributed by atoms with Crippen LogP contribution in [0.15, 0.2) is 4.99 Å². The van der Waals surface area contributed by atoms with Crippen LogP contribution in [0.2, 0.25) is 0 Å². The predicted octanol–water partition coefficient (Wildman–Crippen LogP) is 0.0623. The van der Waals surface area contributed by atoms with Crippen molar-refractivity contribution >= 4 is 6.40 Å². The highest BCUT2D eigenvalue weighted by molar-refractivity contribution is 5.47. The Kier molecular flexibility index (Phi) is 4.92. The van der Waals surface area contributed by atoms with Crippen molar-refractivity contribution in [1.29, 1.82) is 0 Å². The molecule has 7 heavy (non-hydrogen) atoms. The molecule has 0 aliphatic carbocycles. The van der Waals surface area contributed by atoms with E-state index in [1.165, 1.54) is 6.40 Å². The molecular weight excluding hydrogens is 98.0 g/mol. The fraction of sp³-hybridized carbons (Fsp3) is 0.667. The molecule has 0 bridgehead atoms. The van der Waals surface area contributed by atoms with Crippen molar-refractivity contribution in [3.8, 4) is 0 Å². The third-order valence-corrected chi connectivity index (χ3v) is 0.487. The molecule has 0 aromatic rings. The van der Waals surface area contributed by atoms with E-state index < -0.39 is 0 Å². The number of hydrogen-bond donors (Lipinski definition) is 2. The van der Waals surface area contributed by atoms with Crippen molar-refractivity contribution in [2.45, 2.75) is 0 Å². The SMILES string of the molecule is C1=NCCO1.OO. The van der Waals surface area contributed by atoms with Crippen molar-refractivity contribution in [2.75, 3.05) is 13.2 Å². The number of aliphatic imine (C=N–C) groups is 1. The van der Waals surface area contributed by atoms with Gasteiger partial charge in [0.2, 0.25) is 0 Å². The Morgan fingerprint density at radius 2 is 2.29 bits per heavy atom. The Morgan fingerprint density at radius 1 is 1.57 bits per heavy atom. The molecule has 1 heterocycles. The van der Waals surface area contributed by atoms with Gasteiger partial charge in [0, 0.05) is 0 Å². The van der Waals surface area contributed by atoms with Gasteiger partial charge in [0.25, 0.3) is 0 Å². The van der Waals surface area contributed by atoms with Crippen molar-refractivity contribution in [3.05, 3.63) is 0 Å². The van der Waals surface area contributed by atoms with Crippen LogP contribution >= 0.6 is 0 Å². The second kappa shape index (κ2) is 5.39. The monoisotopic (exact) mass is 105 g/mol. The maximum atomic E-state index is 6.00. The molecule has 2 N–H and O–H groups in total. The van der Waals surface area contributed by atoms with Gasteiger partial charge in [-0.1, -0.05) is 0 Å². The van der Waals surface area contributed by atoms with Crippen molar-refractivity contribution < 1.29 is 15.3 Å². The van der Waals surface area contributed by atoms with Gasteiger partial charge in [-0.15, -0.1) is 0 Å². The highest BCUT2D eigenvalue weighted by Crippen LogP contribution is 1.78. The van der Waals surface area contributed by atoms with E-state index in [1.54, 1.807) is 0 Å². The normalized spacial score (nSPS) is 14.6. The fourth-order valence-corrected chi connectivity index (χ4v) is 0.264. The highest BCUT2D eigenvalue weighted by Gasteiger charge is 1.84. The van der Waals surface area contributed by atoms with Crippen LogP contribution < -0.4 is 0 Å². The van der Waals surface area contributed by atoms with E-state index in [1.807, 2.05) is 0 Å². The number of hydrogen-bond acceptors (Lipinski definition) is 4. The second-order valence-electron chi connectivity index (χ2n) is 0.882. The smallest absolute Gasteiger partial charge is 0.169 e. The lowest BCUT2D eigenvalue weighted by atomic mass is 10.8. The van der Waals surface area contributed by atoms with Gasteiger partial charge < -0.3 is 4.74 Å². The van der Waals surface area contributed by atoms with Gasteiger partial charge in [0.15, 0.2) is 6.40 Å². The first-order valence-corrected chi connectivity index (χ1v) is 1.80. The predicted molar refractivity (Wildman–Crippen MR) is 24.6 cm³/mol. The van der Waals surface area contributed by atoms with E-state index in [9.17, 15) is 0 Å². The second-order valence-corrected chi connectivity index (χ2v) is 0.882. The Bertz CT molecular complexity index is 48.1. The van der Waals surface area contributed by atoms with Gasteiger partial charge >= 0.3 is 0 Å². The zero-order valence-electron chi connectivity index (χ0n) is 3.74. The van der Waals surface area contributed by atoms with Crippen LogP contribution in [0.5, 0.6) is 0 Å². The van der Waals surface area contributed by atoms with E-state index in [2.05, 4.69) is 9.73 Å². The molecule has 1 aliphatic rings. The molecule has 1 aliphatic heterocycles. The minimum atomic E-state index is 0.778. The maximum absolute atomic E-state index is 6.00. The van der Waals surface area contributed by atoms with Crippen LogP contribution in [-0.4, -0.2) is 30.1 Å². The fourth-order valence-electron chi connectivity index (χ4n) is 0.264. The largest absolute Gasteiger partial charge is 0.482 e. The van der Waals surface area contributed by atoms with Crippen LogP contribution in [-0.2, 0) is 4.74 Å². The molecule has 0 aromatic heterocycles. The summed E-state index contributed by atoms with van der Waals surface area (Å²) in [6.45, 7) is 1.62. The summed E-state index contributed by atoms with van der Waals surface area (Å²) >= 11 is 0. The van der Waals surface area contributed by atoms with Gasteiger partial charge in [0.05, 0.1) is 6.54 Å². The lowest BCUT2D eigenvalue weighted by Crippen LogP contribution is -1.80. The number of rotatable bonds is 0. The van der Waals surface area contributed by atoms with Gasteiger partial charge in [0.1, 0.15) is 6.61 Å². The third-order valence-electron chi connectivity index (χ3n) is 0.487. The summed E-state index contributed by atoms with van der Waals surface area (Å²) in [5.41, 5.74) is 0. The van der Waals surface area contributed by atoms with Crippen molar-refractivity contribution in [1.82, 2.24) is 0 Å². The minimum Gasteiger partial charge on any atom is -0.482 e. The molecule has 4 heteroatoms. The Labute approximate surface area is 41.0 Å². The first-order chi connectivity index (χ1) is 3.50. The zero-order valence-corrected chi connectivity index (χ0v) is 3.74. The van der Waals surface area contributed by atoms with Crippen LogP contribution in [0, 0.1) is 0 Å². The molecule has 0 unspecified atom stereocenters. The molecule has 0 spiro atoms. The molecule has 0 aromatic carbocycles. The summed E-state index contributed by atoms with van der Waals surface area (Å²) in [6, 6.07) is 0. The molecule has 0 amide bonds. The quantitative estimate of drug-likeness (QED) is 0.338. The van der Waals surface area contributed by atoms with Gasteiger partial charge in [-0.2, -0.15) is 0 Å². The first-order valence-electron chi connectivity index (χ1n) is 1.80. The molecule has 4 nitrogen and oxygen atoms in total. The Morgan fingerprint density at radius 3 is 2.43 bits per heavy atom. The number of nitrogens with zero attached hydrogens (tertiary/aromatic N) is 1. The topological polar surface area (TPSA) is 62.0 Å². The summed E-state index contributed by atoms with van der Waals surface area (Å²) < 4.78 is 4.65. The average molecular weight is 105 g/mol. The Hall–Kier alpha value is -0.610. The van der Waals surface area contributed by atoms with E-state index in [4.69, 9.17) is 10.5 Å². The summed E-state index contributed by atoms with van der Waals surface area (Å²) in [7, 11) is 0. The standard InChI is InChI=1S/C3H5NO.H2O2/c1-2-5-3-4-1;1-2/h3H,1-2H2;1-2H. The van der Waals surface area contributed by atoms with Crippen LogP contribution in [0.4, 0.5) is 0 Å². The summed E-state index contributed by atoms with van der Waals surface area (Å²) in [6.07, 6.45) is 1.49. The summed E-state index contributed by atoms with van der Waals surface area (Å²) in [5, 5.41) is 12.0. The van der Waals surface area contributed by atoms with Crippen LogP contribution in [0.25, 0.3) is 0 Å². The van der Waals surface area contributed by atoms with E-state index in [-0.39, 0.29) is 0 Å². The lowest BCUT2D eigenvalue weighted by Gasteiger charge is -1.76. The van der Waals surface area contributed by atoms with E-state index >= 15 is 0 Å². The van der Waals surface area contributed by atoms with Crippen LogP contribution in [0.3, 0.4) is 0 Å². The molecule has 42 valence electrons. The Balaban J connectivity index is 0.000000162. The third kappa shape index (κ3) is 3.21. The number of ether oxygens (including phenoxy) is 1. The molecule has 0 radical (unpaired) electrons. The first kappa shape index (κ1) is 6.39. The molecule has 0 saturated carbocycles. The van der Waals surface area contributed by atoms with E-state index in [0.29, 0.717) is 0 Å². The molecule has 0 fully saturated rings. The molecular formula is C3H7NO3. The molecule has 0 atom stereocenters. The average Bonchev–Trinajstić information content (AvgIpc) is 2.23. The van der Waals surface area contributed by atoms with Gasteiger partial charge in [-0.3, -0.25) is 15.5 Å². The summed E-state index contributed by atoms with van der Waals surface area (Å²) in [4.78, 5) is 3.74. The van der Waals surface area contributed by atoms with Crippen molar-refractivity contribution in [3.63, 3.8) is 0 Å². The lowest BCUT2D eigenvalue weighted by molar-refractivity contribution is -0.176. The van der Waals surface area contributed by atoms with Gasteiger partial charge in [-0.25, -0.2) is 0 Å². The van der Waals surface area contributed by atoms with Crippen LogP contribution in [0.1, 0.15) is 0 Å². The van der Waals surface area contributed by atoms with Gasteiger partial charge in [-0.05, 0) is 0 Å². The molecule has 1 rings (SSSR count).